The molecule has 1 amide bonds. The van der Waals surface area contributed by atoms with Crippen molar-refractivity contribution in [2.75, 3.05) is 26.9 Å². The Hall–Kier alpha value is -2.24. The van der Waals surface area contributed by atoms with E-state index in [4.69, 9.17) is 9.47 Å². The standard InChI is InChI=1S/C18H27NO5/c1-4-6-10-23-15-9-8-14(12-16(15)24-11-7-5-2)18(21)19-13-17(20)22-3/h8-9,12H,4-7,10-11,13H2,1-3H3,(H,19,21). The van der Waals surface area contributed by atoms with Gasteiger partial charge in [-0.3, -0.25) is 9.59 Å². The molecule has 0 spiro atoms. The van der Waals surface area contributed by atoms with Gasteiger partial charge in [0.15, 0.2) is 11.5 Å². The minimum Gasteiger partial charge on any atom is -0.490 e. The van der Waals surface area contributed by atoms with Crippen LogP contribution < -0.4 is 14.8 Å². The molecule has 0 radical (unpaired) electrons. The van der Waals surface area contributed by atoms with E-state index in [9.17, 15) is 9.59 Å². The van der Waals surface area contributed by atoms with Crippen LogP contribution in [0.5, 0.6) is 11.5 Å². The molecule has 134 valence electrons. The summed E-state index contributed by atoms with van der Waals surface area (Å²) >= 11 is 0. The molecule has 6 nitrogen and oxygen atoms in total. The molecule has 1 rings (SSSR count). The molecule has 0 saturated heterocycles. The molecular formula is C18H27NO5. The van der Waals surface area contributed by atoms with Gasteiger partial charge in [-0.25, -0.2) is 0 Å². The Bertz CT molecular complexity index is 530. The van der Waals surface area contributed by atoms with E-state index < -0.39 is 5.97 Å². The summed E-state index contributed by atoms with van der Waals surface area (Å²) in [7, 11) is 1.27. The number of carbonyl (C=O) groups is 2. The Kier molecular flexibility index (Phi) is 9.34. The highest BCUT2D eigenvalue weighted by molar-refractivity contribution is 5.96. The minimum absolute atomic E-state index is 0.171. The van der Waals surface area contributed by atoms with Gasteiger partial charge in [0.2, 0.25) is 0 Å². The molecule has 0 fully saturated rings. The first kappa shape index (κ1) is 19.8. The van der Waals surface area contributed by atoms with Crippen LogP contribution in [-0.4, -0.2) is 38.7 Å². The van der Waals surface area contributed by atoms with E-state index in [0.717, 1.165) is 25.7 Å². The average Bonchev–Trinajstić information content (AvgIpc) is 2.60. The number of ether oxygens (including phenoxy) is 3. The predicted octanol–water partition coefficient (Wildman–Crippen LogP) is 2.95. The quantitative estimate of drug-likeness (QED) is 0.496. The van der Waals surface area contributed by atoms with E-state index in [1.165, 1.54) is 7.11 Å². The highest BCUT2D eigenvalue weighted by atomic mass is 16.5. The Morgan fingerprint density at radius 3 is 2.21 bits per heavy atom. The molecule has 6 heteroatoms. The number of hydrogen-bond acceptors (Lipinski definition) is 5. The van der Waals surface area contributed by atoms with Crippen molar-refractivity contribution in [3.63, 3.8) is 0 Å². The minimum atomic E-state index is -0.498. The van der Waals surface area contributed by atoms with Crippen LogP contribution in [-0.2, 0) is 9.53 Å². The highest BCUT2D eigenvalue weighted by Crippen LogP contribution is 2.29. The molecule has 0 aliphatic heterocycles. The highest BCUT2D eigenvalue weighted by Gasteiger charge is 2.13. The SMILES string of the molecule is CCCCOc1ccc(C(=O)NCC(=O)OC)cc1OCCCC. The second kappa shape index (κ2) is 11.3. The lowest BCUT2D eigenvalue weighted by Gasteiger charge is -2.14. The van der Waals surface area contributed by atoms with Gasteiger partial charge in [0.05, 0.1) is 20.3 Å². The predicted molar refractivity (Wildman–Crippen MR) is 91.6 cm³/mol. The lowest BCUT2D eigenvalue weighted by molar-refractivity contribution is -0.139. The van der Waals surface area contributed by atoms with Crippen LogP contribution in [0.4, 0.5) is 0 Å². The smallest absolute Gasteiger partial charge is 0.325 e. The molecule has 0 unspecified atom stereocenters. The molecule has 0 aliphatic carbocycles. The zero-order valence-corrected chi connectivity index (χ0v) is 14.7. The van der Waals surface area contributed by atoms with Gasteiger partial charge in [-0.2, -0.15) is 0 Å². The number of esters is 1. The van der Waals surface area contributed by atoms with Crippen LogP contribution in [0.25, 0.3) is 0 Å². The summed E-state index contributed by atoms with van der Waals surface area (Å²) in [4.78, 5) is 23.2. The van der Waals surface area contributed by atoms with Crippen molar-refractivity contribution in [1.29, 1.82) is 0 Å². The third-order valence-electron chi connectivity index (χ3n) is 3.34. The van der Waals surface area contributed by atoms with Crippen LogP contribution in [0.1, 0.15) is 49.9 Å². The molecule has 0 aromatic heterocycles. The maximum atomic E-state index is 12.1. The molecule has 0 bridgehead atoms. The molecule has 0 heterocycles. The van der Waals surface area contributed by atoms with E-state index in [2.05, 4.69) is 23.9 Å². The van der Waals surface area contributed by atoms with Gasteiger partial charge in [0.25, 0.3) is 5.91 Å². The van der Waals surface area contributed by atoms with Crippen molar-refractivity contribution in [2.24, 2.45) is 0 Å². The zero-order chi connectivity index (χ0) is 17.8. The molecule has 24 heavy (non-hydrogen) atoms. The van der Waals surface area contributed by atoms with E-state index >= 15 is 0 Å². The van der Waals surface area contributed by atoms with Gasteiger partial charge in [-0.15, -0.1) is 0 Å². The molecule has 1 aromatic rings. The first-order valence-corrected chi connectivity index (χ1v) is 8.37. The lowest BCUT2D eigenvalue weighted by Crippen LogP contribution is -2.30. The zero-order valence-electron chi connectivity index (χ0n) is 14.7. The largest absolute Gasteiger partial charge is 0.490 e. The van der Waals surface area contributed by atoms with Gasteiger partial charge in [0.1, 0.15) is 6.54 Å². The fourth-order valence-corrected chi connectivity index (χ4v) is 1.86. The monoisotopic (exact) mass is 337 g/mol. The molecule has 1 N–H and O–H groups in total. The fraction of sp³-hybridized carbons (Fsp3) is 0.556. The molecule has 1 aromatic carbocycles. The van der Waals surface area contributed by atoms with E-state index in [1.54, 1.807) is 18.2 Å². The third kappa shape index (κ3) is 6.89. The van der Waals surface area contributed by atoms with Gasteiger partial charge >= 0.3 is 5.97 Å². The Labute approximate surface area is 143 Å². The van der Waals surface area contributed by atoms with Crippen LogP contribution in [0.3, 0.4) is 0 Å². The van der Waals surface area contributed by atoms with Gasteiger partial charge < -0.3 is 19.5 Å². The van der Waals surface area contributed by atoms with Crippen LogP contribution in [0, 0.1) is 0 Å². The number of unbranched alkanes of at least 4 members (excludes halogenated alkanes) is 2. The van der Waals surface area contributed by atoms with Crippen molar-refractivity contribution in [3.05, 3.63) is 23.8 Å². The lowest BCUT2D eigenvalue weighted by atomic mass is 10.2. The Morgan fingerprint density at radius 1 is 1.00 bits per heavy atom. The number of carbonyl (C=O) groups excluding carboxylic acids is 2. The first-order chi connectivity index (χ1) is 11.6. The molecular weight excluding hydrogens is 310 g/mol. The van der Waals surface area contributed by atoms with Crippen LogP contribution >= 0.6 is 0 Å². The number of hydrogen-bond donors (Lipinski definition) is 1. The topological polar surface area (TPSA) is 73.9 Å². The number of methoxy groups -OCH3 is 1. The summed E-state index contributed by atoms with van der Waals surface area (Å²) in [5.74, 6) is 0.317. The summed E-state index contributed by atoms with van der Waals surface area (Å²) in [6, 6.07) is 5.02. The number of rotatable bonds is 11. The van der Waals surface area contributed by atoms with Gasteiger partial charge in [0, 0.05) is 5.56 Å². The normalized spacial score (nSPS) is 10.1. The van der Waals surface area contributed by atoms with Crippen molar-refractivity contribution in [2.45, 2.75) is 39.5 Å². The number of amides is 1. The van der Waals surface area contributed by atoms with Crippen molar-refractivity contribution < 1.29 is 23.8 Å². The maximum Gasteiger partial charge on any atom is 0.325 e. The maximum absolute atomic E-state index is 12.1. The molecule has 0 aliphatic rings. The fourth-order valence-electron chi connectivity index (χ4n) is 1.86. The summed E-state index contributed by atoms with van der Waals surface area (Å²) in [6.45, 7) is 5.17. The number of nitrogens with one attached hydrogen (secondary N) is 1. The average molecular weight is 337 g/mol. The summed E-state index contributed by atoms with van der Waals surface area (Å²) < 4.78 is 16.0. The summed E-state index contributed by atoms with van der Waals surface area (Å²) in [5, 5.41) is 2.51. The van der Waals surface area contributed by atoms with Crippen molar-refractivity contribution in [3.8, 4) is 11.5 Å². The summed E-state index contributed by atoms with van der Waals surface area (Å²) in [5.41, 5.74) is 0.410. The second-order valence-corrected chi connectivity index (χ2v) is 5.32. The third-order valence-corrected chi connectivity index (χ3v) is 3.34. The number of benzene rings is 1. The van der Waals surface area contributed by atoms with Crippen molar-refractivity contribution in [1.82, 2.24) is 5.32 Å². The van der Waals surface area contributed by atoms with Crippen molar-refractivity contribution >= 4 is 11.9 Å². The second-order valence-electron chi connectivity index (χ2n) is 5.32. The Balaban J connectivity index is 2.80. The van der Waals surface area contributed by atoms with E-state index in [1.807, 2.05) is 0 Å². The summed E-state index contributed by atoms with van der Waals surface area (Å²) in [6.07, 6.45) is 3.94. The van der Waals surface area contributed by atoms with E-state index in [-0.39, 0.29) is 12.5 Å². The first-order valence-electron chi connectivity index (χ1n) is 8.37. The van der Waals surface area contributed by atoms with Crippen LogP contribution in [0.15, 0.2) is 18.2 Å². The van der Waals surface area contributed by atoms with Gasteiger partial charge in [-0.05, 0) is 31.0 Å². The van der Waals surface area contributed by atoms with Gasteiger partial charge in [-0.1, -0.05) is 26.7 Å². The van der Waals surface area contributed by atoms with Crippen LogP contribution in [0.2, 0.25) is 0 Å². The Morgan fingerprint density at radius 2 is 1.62 bits per heavy atom. The van der Waals surface area contributed by atoms with E-state index in [0.29, 0.717) is 30.3 Å². The molecule has 0 saturated carbocycles. The molecule has 0 atom stereocenters.